The summed E-state index contributed by atoms with van der Waals surface area (Å²) in [6.45, 7) is 2.83. The largest absolute Gasteiger partial charge is 0.490 e. The van der Waals surface area contributed by atoms with Crippen LogP contribution >= 0.6 is 23.2 Å². The molecule has 0 aliphatic rings. The molecule has 0 spiro atoms. The van der Waals surface area contributed by atoms with E-state index in [1.165, 1.54) is 0 Å². The van der Waals surface area contributed by atoms with Gasteiger partial charge in [-0.3, -0.25) is 0 Å². The van der Waals surface area contributed by atoms with Crippen molar-refractivity contribution in [3.05, 3.63) is 52.3 Å². The topological polar surface area (TPSA) is 31.4 Å². The number of ether oxygens (including phenoxy) is 2. The number of benzene rings is 1. The van der Waals surface area contributed by atoms with E-state index in [1.807, 2.05) is 31.2 Å². The van der Waals surface area contributed by atoms with E-state index in [-0.39, 0.29) is 0 Å². The van der Waals surface area contributed by atoms with Gasteiger partial charge in [-0.15, -0.1) is 0 Å². The van der Waals surface area contributed by atoms with Crippen LogP contribution in [0.5, 0.6) is 11.5 Å². The van der Waals surface area contributed by atoms with E-state index in [0.717, 1.165) is 5.56 Å². The van der Waals surface area contributed by atoms with Crippen LogP contribution < -0.4 is 9.47 Å². The van der Waals surface area contributed by atoms with Gasteiger partial charge in [0.05, 0.1) is 11.6 Å². The maximum atomic E-state index is 6.06. The standard InChI is InChI=1S/C14H13Cl2NO2/c1-2-18-12-5-3-4-6-13(12)19-9-10-8-17-14(16)7-11(10)15/h3-8H,2,9H2,1H3. The summed E-state index contributed by atoms with van der Waals surface area (Å²) in [4.78, 5) is 3.98. The monoisotopic (exact) mass is 297 g/mol. The molecule has 0 atom stereocenters. The molecule has 0 fully saturated rings. The van der Waals surface area contributed by atoms with Crippen LogP contribution in [0.4, 0.5) is 0 Å². The van der Waals surface area contributed by atoms with Gasteiger partial charge in [0.25, 0.3) is 0 Å². The molecule has 1 aromatic carbocycles. The van der Waals surface area contributed by atoms with E-state index in [9.17, 15) is 0 Å². The number of para-hydroxylation sites is 2. The fourth-order valence-electron chi connectivity index (χ4n) is 1.54. The van der Waals surface area contributed by atoms with Gasteiger partial charge in [0.1, 0.15) is 11.8 Å². The molecule has 2 rings (SSSR count). The zero-order valence-corrected chi connectivity index (χ0v) is 11.9. The number of nitrogens with zero attached hydrogens (tertiary/aromatic N) is 1. The van der Waals surface area contributed by atoms with Gasteiger partial charge in [-0.05, 0) is 25.1 Å². The molecule has 1 aromatic heterocycles. The molecule has 19 heavy (non-hydrogen) atoms. The Labute approximate surface area is 122 Å². The molecule has 0 aliphatic heterocycles. The van der Waals surface area contributed by atoms with Gasteiger partial charge in [0.15, 0.2) is 11.5 Å². The van der Waals surface area contributed by atoms with Crippen molar-refractivity contribution in [3.8, 4) is 11.5 Å². The minimum Gasteiger partial charge on any atom is -0.490 e. The van der Waals surface area contributed by atoms with Gasteiger partial charge in [-0.25, -0.2) is 4.98 Å². The Morgan fingerprint density at radius 1 is 1.11 bits per heavy atom. The second kappa shape index (κ2) is 6.64. The highest BCUT2D eigenvalue weighted by molar-refractivity contribution is 6.34. The van der Waals surface area contributed by atoms with Crippen molar-refractivity contribution in [3.63, 3.8) is 0 Å². The summed E-state index contributed by atoms with van der Waals surface area (Å²) in [5.74, 6) is 1.39. The van der Waals surface area contributed by atoms with Crippen LogP contribution in [0.1, 0.15) is 12.5 Å². The Bertz CT molecular complexity index is 561. The third-order valence-corrected chi connectivity index (χ3v) is 2.99. The number of pyridine rings is 1. The molecule has 3 nitrogen and oxygen atoms in total. The molecule has 2 aromatic rings. The zero-order chi connectivity index (χ0) is 13.7. The van der Waals surface area contributed by atoms with E-state index >= 15 is 0 Å². The van der Waals surface area contributed by atoms with Crippen molar-refractivity contribution < 1.29 is 9.47 Å². The summed E-state index contributed by atoms with van der Waals surface area (Å²) in [6, 6.07) is 9.09. The molecule has 0 radical (unpaired) electrons. The molecule has 0 saturated heterocycles. The van der Waals surface area contributed by atoms with Gasteiger partial charge in [-0.1, -0.05) is 35.3 Å². The Morgan fingerprint density at radius 3 is 2.42 bits per heavy atom. The zero-order valence-electron chi connectivity index (χ0n) is 10.4. The van der Waals surface area contributed by atoms with Crippen LogP contribution in [0.25, 0.3) is 0 Å². The van der Waals surface area contributed by atoms with Crippen LogP contribution in [0.3, 0.4) is 0 Å². The fraction of sp³-hybridized carbons (Fsp3) is 0.214. The van der Waals surface area contributed by atoms with E-state index in [2.05, 4.69) is 4.98 Å². The smallest absolute Gasteiger partial charge is 0.161 e. The van der Waals surface area contributed by atoms with Gasteiger partial charge in [-0.2, -0.15) is 0 Å². The highest BCUT2D eigenvalue weighted by Gasteiger charge is 2.07. The van der Waals surface area contributed by atoms with Gasteiger partial charge >= 0.3 is 0 Å². The van der Waals surface area contributed by atoms with Crippen molar-refractivity contribution in [1.82, 2.24) is 4.98 Å². The van der Waals surface area contributed by atoms with Crippen molar-refractivity contribution in [1.29, 1.82) is 0 Å². The van der Waals surface area contributed by atoms with E-state index < -0.39 is 0 Å². The number of aromatic nitrogens is 1. The first kappa shape index (κ1) is 14.0. The van der Waals surface area contributed by atoms with Gasteiger partial charge < -0.3 is 9.47 Å². The molecule has 0 saturated carbocycles. The van der Waals surface area contributed by atoms with Crippen molar-refractivity contribution in [2.75, 3.05) is 6.61 Å². The lowest BCUT2D eigenvalue weighted by molar-refractivity contribution is 0.269. The van der Waals surface area contributed by atoms with Crippen LogP contribution in [0.15, 0.2) is 36.5 Å². The van der Waals surface area contributed by atoms with Crippen LogP contribution in [-0.2, 0) is 6.61 Å². The molecule has 0 N–H and O–H groups in total. The number of halogens is 2. The predicted molar refractivity (Wildman–Crippen MR) is 76.2 cm³/mol. The highest BCUT2D eigenvalue weighted by atomic mass is 35.5. The molecular weight excluding hydrogens is 285 g/mol. The third kappa shape index (κ3) is 3.75. The van der Waals surface area contributed by atoms with E-state index in [1.54, 1.807) is 12.3 Å². The first-order valence-corrected chi connectivity index (χ1v) is 6.61. The summed E-state index contributed by atoms with van der Waals surface area (Å²) in [6.07, 6.45) is 1.61. The SMILES string of the molecule is CCOc1ccccc1OCc1cnc(Cl)cc1Cl. The molecule has 100 valence electrons. The second-order valence-electron chi connectivity index (χ2n) is 3.77. The summed E-state index contributed by atoms with van der Waals surface area (Å²) < 4.78 is 11.2. The van der Waals surface area contributed by atoms with Gasteiger partial charge in [0.2, 0.25) is 0 Å². The second-order valence-corrected chi connectivity index (χ2v) is 4.56. The maximum Gasteiger partial charge on any atom is 0.161 e. The predicted octanol–water partition coefficient (Wildman–Crippen LogP) is 4.37. The summed E-state index contributed by atoms with van der Waals surface area (Å²) >= 11 is 11.8. The number of hydrogen-bond donors (Lipinski definition) is 0. The molecule has 0 bridgehead atoms. The van der Waals surface area contributed by atoms with E-state index in [4.69, 9.17) is 32.7 Å². The Morgan fingerprint density at radius 2 is 1.79 bits per heavy atom. The lowest BCUT2D eigenvalue weighted by Crippen LogP contribution is -2.00. The van der Waals surface area contributed by atoms with E-state index in [0.29, 0.717) is 34.9 Å². The van der Waals surface area contributed by atoms with Crippen LogP contribution in [-0.4, -0.2) is 11.6 Å². The summed E-state index contributed by atoms with van der Waals surface area (Å²) in [5, 5.41) is 0.900. The molecule has 5 heteroatoms. The third-order valence-electron chi connectivity index (χ3n) is 2.43. The number of rotatable bonds is 5. The minimum atomic E-state index is 0.313. The summed E-state index contributed by atoms with van der Waals surface area (Å²) in [7, 11) is 0. The lowest BCUT2D eigenvalue weighted by Gasteiger charge is -2.12. The highest BCUT2D eigenvalue weighted by Crippen LogP contribution is 2.28. The molecule has 0 amide bonds. The Kier molecular flexibility index (Phi) is 4.88. The molecule has 1 heterocycles. The first-order valence-electron chi connectivity index (χ1n) is 5.85. The normalized spacial score (nSPS) is 10.3. The number of hydrogen-bond acceptors (Lipinski definition) is 3. The Balaban J connectivity index is 2.10. The average Bonchev–Trinajstić information content (AvgIpc) is 2.40. The van der Waals surface area contributed by atoms with Crippen molar-refractivity contribution >= 4 is 23.2 Å². The van der Waals surface area contributed by atoms with Crippen LogP contribution in [0, 0.1) is 0 Å². The molecule has 0 aliphatic carbocycles. The fourth-order valence-corrected chi connectivity index (χ4v) is 1.96. The lowest BCUT2D eigenvalue weighted by atomic mass is 10.3. The molecule has 0 unspecified atom stereocenters. The first-order chi connectivity index (χ1) is 9.20. The van der Waals surface area contributed by atoms with Crippen molar-refractivity contribution in [2.45, 2.75) is 13.5 Å². The minimum absolute atomic E-state index is 0.313. The van der Waals surface area contributed by atoms with Crippen molar-refractivity contribution in [2.24, 2.45) is 0 Å². The average molecular weight is 298 g/mol. The summed E-state index contributed by atoms with van der Waals surface area (Å²) in [5.41, 5.74) is 0.775. The quantitative estimate of drug-likeness (QED) is 0.768. The van der Waals surface area contributed by atoms with Crippen LogP contribution in [0.2, 0.25) is 10.2 Å². The Hall–Kier alpha value is -1.45. The molecular formula is C14H13Cl2NO2. The maximum absolute atomic E-state index is 6.06. The van der Waals surface area contributed by atoms with Gasteiger partial charge in [0, 0.05) is 11.8 Å².